The lowest BCUT2D eigenvalue weighted by atomic mass is 10.1. The van der Waals surface area contributed by atoms with Crippen LogP contribution in [0.1, 0.15) is 15.9 Å². The van der Waals surface area contributed by atoms with Crippen molar-refractivity contribution in [3.05, 3.63) is 40.7 Å². The lowest BCUT2D eigenvalue weighted by Gasteiger charge is -2.04. The normalized spacial score (nSPS) is 14.2. The first kappa shape index (κ1) is 7.81. The first-order valence-electron chi connectivity index (χ1n) is 3.98. The van der Waals surface area contributed by atoms with Crippen molar-refractivity contribution in [2.45, 2.75) is 6.54 Å². The third-order valence-electron chi connectivity index (χ3n) is 2.20. The maximum Gasteiger partial charge on any atom is 0.254 e. The highest BCUT2D eigenvalue weighted by atomic mass is 16.2. The van der Waals surface area contributed by atoms with E-state index in [1.807, 2.05) is 0 Å². The van der Waals surface area contributed by atoms with E-state index in [0.29, 0.717) is 12.2 Å². The number of amides is 1. The standard InChI is InChI=1S/C10H8N2O/c1-11-8-3-4-9-7(5-8)6-12(2)10(9)13/h3-5H,6H2,2H3. The smallest absolute Gasteiger partial charge is 0.254 e. The molecule has 0 radical (unpaired) electrons. The van der Waals surface area contributed by atoms with Crippen LogP contribution in [0.3, 0.4) is 0 Å². The number of benzene rings is 1. The van der Waals surface area contributed by atoms with Crippen molar-refractivity contribution < 1.29 is 4.79 Å². The van der Waals surface area contributed by atoms with Crippen LogP contribution in [0.4, 0.5) is 5.69 Å². The minimum Gasteiger partial charge on any atom is -0.337 e. The number of fused-ring (bicyclic) bond motifs is 1. The van der Waals surface area contributed by atoms with Gasteiger partial charge in [0.15, 0.2) is 5.69 Å². The van der Waals surface area contributed by atoms with E-state index in [0.717, 1.165) is 11.1 Å². The third kappa shape index (κ3) is 1.07. The van der Waals surface area contributed by atoms with Gasteiger partial charge in [-0.1, -0.05) is 18.2 Å². The number of nitrogens with zero attached hydrogens (tertiary/aromatic N) is 2. The number of carbonyl (C=O) groups excluding carboxylic acids is 1. The van der Waals surface area contributed by atoms with Crippen LogP contribution in [-0.4, -0.2) is 17.9 Å². The minimum atomic E-state index is 0.0477. The molecule has 3 nitrogen and oxygen atoms in total. The zero-order valence-electron chi connectivity index (χ0n) is 7.24. The van der Waals surface area contributed by atoms with E-state index in [1.54, 1.807) is 30.1 Å². The Kier molecular flexibility index (Phi) is 1.56. The first-order chi connectivity index (χ1) is 6.22. The largest absolute Gasteiger partial charge is 0.337 e. The molecule has 0 unspecified atom stereocenters. The van der Waals surface area contributed by atoms with E-state index in [2.05, 4.69) is 4.85 Å². The summed E-state index contributed by atoms with van der Waals surface area (Å²) in [6.45, 7) is 7.46. The van der Waals surface area contributed by atoms with E-state index >= 15 is 0 Å². The van der Waals surface area contributed by atoms with Crippen LogP contribution in [-0.2, 0) is 6.54 Å². The lowest BCUT2D eigenvalue weighted by molar-refractivity contribution is 0.0816. The van der Waals surface area contributed by atoms with Gasteiger partial charge in [0.2, 0.25) is 0 Å². The summed E-state index contributed by atoms with van der Waals surface area (Å²) in [5, 5.41) is 0. The number of rotatable bonds is 0. The molecule has 0 saturated carbocycles. The van der Waals surface area contributed by atoms with Gasteiger partial charge in [-0.05, 0) is 5.56 Å². The fraction of sp³-hybridized carbons (Fsp3) is 0.200. The van der Waals surface area contributed by atoms with Crippen molar-refractivity contribution in [2.24, 2.45) is 0 Å². The predicted octanol–water partition coefficient (Wildman–Crippen LogP) is 1.82. The van der Waals surface area contributed by atoms with Crippen LogP contribution in [0.15, 0.2) is 18.2 Å². The van der Waals surface area contributed by atoms with Gasteiger partial charge in [0, 0.05) is 19.2 Å². The summed E-state index contributed by atoms with van der Waals surface area (Å²) in [4.78, 5) is 16.4. The van der Waals surface area contributed by atoms with Crippen LogP contribution in [0.5, 0.6) is 0 Å². The summed E-state index contributed by atoms with van der Waals surface area (Å²) in [6.07, 6.45) is 0. The predicted molar refractivity (Wildman–Crippen MR) is 48.5 cm³/mol. The fourth-order valence-electron chi connectivity index (χ4n) is 1.52. The topological polar surface area (TPSA) is 24.7 Å². The number of hydrogen-bond donors (Lipinski definition) is 0. The summed E-state index contributed by atoms with van der Waals surface area (Å²) < 4.78 is 0. The highest BCUT2D eigenvalue weighted by molar-refractivity contribution is 5.98. The molecule has 0 bridgehead atoms. The Bertz CT molecular complexity index is 417. The molecule has 0 aromatic heterocycles. The van der Waals surface area contributed by atoms with E-state index in [-0.39, 0.29) is 5.91 Å². The highest BCUT2D eigenvalue weighted by Gasteiger charge is 2.23. The molecule has 1 amide bonds. The van der Waals surface area contributed by atoms with Gasteiger partial charge in [0.25, 0.3) is 5.91 Å². The average Bonchev–Trinajstić information content (AvgIpc) is 2.42. The Balaban J connectivity index is 2.54. The molecule has 64 valence electrons. The second kappa shape index (κ2) is 2.60. The summed E-state index contributed by atoms with van der Waals surface area (Å²) in [5.74, 6) is 0.0477. The van der Waals surface area contributed by atoms with Crippen LogP contribution in [0.2, 0.25) is 0 Å². The molecule has 1 aliphatic rings. The van der Waals surface area contributed by atoms with Gasteiger partial charge >= 0.3 is 0 Å². The van der Waals surface area contributed by atoms with Crippen molar-refractivity contribution in [2.75, 3.05) is 7.05 Å². The van der Waals surface area contributed by atoms with Crippen LogP contribution in [0.25, 0.3) is 4.85 Å². The number of carbonyl (C=O) groups is 1. The number of hydrogen-bond acceptors (Lipinski definition) is 1. The Labute approximate surface area is 76.4 Å². The average molecular weight is 172 g/mol. The highest BCUT2D eigenvalue weighted by Crippen LogP contribution is 2.25. The van der Waals surface area contributed by atoms with Gasteiger partial charge in [0.05, 0.1) is 6.57 Å². The van der Waals surface area contributed by atoms with Crippen molar-refractivity contribution in [1.29, 1.82) is 0 Å². The van der Waals surface area contributed by atoms with Crippen molar-refractivity contribution in [3.63, 3.8) is 0 Å². The molecule has 1 aromatic carbocycles. The molecule has 13 heavy (non-hydrogen) atoms. The van der Waals surface area contributed by atoms with Crippen LogP contribution >= 0.6 is 0 Å². The summed E-state index contributed by atoms with van der Waals surface area (Å²) in [7, 11) is 1.76. The van der Waals surface area contributed by atoms with Gasteiger partial charge in [-0.25, -0.2) is 4.85 Å². The molecule has 1 heterocycles. The monoisotopic (exact) mass is 172 g/mol. The molecule has 0 atom stereocenters. The van der Waals surface area contributed by atoms with Crippen LogP contribution in [0, 0.1) is 6.57 Å². The maximum atomic E-state index is 11.4. The molecule has 0 N–H and O–H groups in total. The second-order valence-corrected chi connectivity index (χ2v) is 3.11. The molecule has 0 saturated heterocycles. The summed E-state index contributed by atoms with van der Waals surface area (Å²) >= 11 is 0. The molecule has 0 spiro atoms. The van der Waals surface area contributed by atoms with E-state index in [1.165, 1.54) is 0 Å². The fourth-order valence-corrected chi connectivity index (χ4v) is 1.52. The van der Waals surface area contributed by atoms with Gasteiger partial charge in [-0.2, -0.15) is 0 Å². The second-order valence-electron chi connectivity index (χ2n) is 3.11. The van der Waals surface area contributed by atoms with E-state index in [9.17, 15) is 4.79 Å². The molecule has 0 fully saturated rings. The SMILES string of the molecule is [C-]#[N+]c1ccc2c(c1)CN(C)C2=O. The maximum absolute atomic E-state index is 11.4. The summed E-state index contributed by atoms with van der Waals surface area (Å²) in [5.41, 5.74) is 2.29. The molecule has 0 aliphatic carbocycles. The van der Waals surface area contributed by atoms with Gasteiger partial charge < -0.3 is 4.90 Å². The van der Waals surface area contributed by atoms with Crippen molar-refractivity contribution in [1.82, 2.24) is 4.90 Å². The Morgan fingerprint density at radius 2 is 2.31 bits per heavy atom. The van der Waals surface area contributed by atoms with Gasteiger partial charge in [-0.15, -0.1) is 0 Å². The lowest BCUT2D eigenvalue weighted by Crippen LogP contribution is -2.17. The third-order valence-corrected chi connectivity index (χ3v) is 2.20. The summed E-state index contributed by atoms with van der Waals surface area (Å²) in [6, 6.07) is 5.20. The van der Waals surface area contributed by atoms with E-state index in [4.69, 9.17) is 6.57 Å². The van der Waals surface area contributed by atoms with Gasteiger partial charge in [0.1, 0.15) is 0 Å². The molecule has 1 aromatic rings. The van der Waals surface area contributed by atoms with Crippen molar-refractivity contribution in [3.8, 4) is 0 Å². The molecular weight excluding hydrogens is 164 g/mol. The molecule has 1 aliphatic heterocycles. The Morgan fingerprint density at radius 3 is 3.00 bits per heavy atom. The quantitative estimate of drug-likeness (QED) is 0.548. The molecular formula is C10H8N2O. The van der Waals surface area contributed by atoms with Gasteiger partial charge in [-0.3, -0.25) is 4.79 Å². The Hall–Kier alpha value is -1.82. The van der Waals surface area contributed by atoms with Crippen LogP contribution < -0.4 is 0 Å². The first-order valence-corrected chi connectivity index (χ1v) is 3.98. The molecule has 2 rings (SSSR count). The van der Waals surface area contributed by atoms with Crippen molar-refractivity contribution >= 4 is 11.6 Å². The zero-order valence-corrected chi connectivity index (χ0v) is 7.24. The zero-order chi connectivity index (χ0) is 9.42. The molecule has 3 heteroatoms. The minimum absolute atomic E-state index is 0.0477. The Morgan fingerprint density at radius 1 is 1.54 bits per heavy atom. The van der Waals surface area contributed by atoms with E-state index < -0.39 is 0 Å².